The second-order valence-corrected chi connectivity index (χ2v) is 7.44. The van der Waals surface area contributed by atoms with Gasteiger partial charge in [-0.2, -0.15) is 4.98 Å². The Kier molecular flexibility index (Phi) is 4.66. The van der Waals surface area contributed by atoms with Gasteiger partial charge < -0.3 is 4.52 Å². The van der Waals surface area contributed by atoms with Gasteiger partial charge in [0.1, 0.15) is 5.82 Å². The van der Waals surface area contributed by atoms with Crippen molar-refractivity contribution in [1.82, 2.24) is 15.0 Å². The zero-order valence-electron chi connectivity index (χ0n) is 11.8. The number of benzene rings is 1. The highest BCUT2D eigenvalue weighted by Crippen LogP contribution is 2.23. The van der Waals surface area contributed by atoms with Crippen molar-refractivity contribution < 1.29 is 8.91 Å². The Hall–Kier alpha value is -1.57. The van der Waals surface area contributed by atoms with Crippen LogP contribution >= 0.6 is 27.3 Å². The number of hydrogen-bond acceptors (Lipinski definition) is 5. The Morgan fingerprint density at radius 3 is 2.64 bits per heavy atom. The van der Waals surface area contributed by atoms with Crippen molar-refractivity contribution in [2.24, 2.45) is 0 Å². The normalized spacial score (nSPS) is 11.3. The van der Waals surface area contributed by atoms with Crippen LogP contribution in [0.1, 0.15) is 10.8 Å². The van der Waals surface area contributed by atoms with E-state index in [1.54, 1.807) is 23.5 Å². The molecule has 0 saturated heterocycles. The van der Waals surface area contributed by atoms with Gasteiger partial charge in [-0.3, -0.25) is 4.90 Å². The predicted octanol–water partition coefficient (Wildman–Crippen LogP) is 4.33. The summed E-state index contributed by atoms with van der Waals surface area (Å²) >= 11 is 5.16. The van der Waals surface area contributed by atoms with Gasteiger partial charge in [-0.1, -0.05) is 5.16 Å². The zero-order valence-corrected chi connectivity index (χ0v) is 14.2. The van der Waals surface area contributed by atoms with Gasteiger partial charge in [0.25, 0.3) is 0 Å². The fourth-order valence-electron chi connectivity index (χ4n) is 2.02. The van der Waals surface area contributed by atoms with Crippen LogP contribution in [-0.4, -0.2) is 22.1 Å². The summed E-state index contributed by atoms with van der Waals surface area (Å²) in [6, 6.07) is 10.2. The summed E-state index contributed by atoms with van der Waals surface area (Å²) < 4.78 is 19.3. The first-order valence-corrected chi connectivity index (χ1v) is 8.22. The predicted molar refractivity (Wildman–Crippen MR) is 86.9 cm³/mol. The molecule has 4 nitrogen and oxygen atoms in total. The first kappa shape index (κ1) is 15.3. The van der Waals surface area contributed by atoms with Crippen LogP contribution in [0.25, 0.3) is 11.4 Å². The van der Waals surface area contributed by atoms with Gasteiger partial charge >= 0.3 is 0 Å². The highest BCUT2D eigenvalue weighted by molar-refractivity contribution is 9.11. The van der Waals surface area contributed by atoms with Crippen molar-refractivity contribution in [2.75, 3.05) is 7.05 Å². The molecule has 114 valence electrons. The molecule has 1 aromatic carbocycles. The van der Waals surface area contributed by atoms with E-state index in [0.717, 1.165) is 15.9 Å². The summed E-state index contributed by atoms with van der Waals surface area (Å²) in [5.41, 5.74) is 0.737. The first-order valence-electron chi connectivity index (χ1n) is 6.61. The molecule has 0 amide bonds. The van der Waals surface area contributed by atoms with Gasteiger partial charge in [-0.05, 0) is 59.4 Å². The number of aromatic nitrogens is 2. The van der Waals surface area contributed by atoms with Crippen LogP contribution in [0.2, 0.25) is 0 Å². The van der Waals surface area contributed by atoms with Crippen LogP contribution in [0, 0.1) is 5.82 Å². The summed E-state index contributed by atoms with van der Waals surface area (Å²) in [6.07, 6.45) is 0. The SMILES string of the molecule is CN(Cc1nc(-c2ccc(F)cc2)no1)Cc1ccc(Br)s1. The van der Waals surface area contributed by atoms with Gasteiger partial charge in [-0.15, -0.1) is 11.3 Å². The van der Waals surface area contributed by atoms with Crippen molar-refractivity contribution in [1.29, 1.82) is 0 Å². The van der Waals surface area contributed by atoms with E-state index in [2.05, 4.69) is 37.0 Å². The summed E-state index contributed by atoms with van der Waals surface area (Å²) in [7, 11) is 2.00. The van der Waals surface area contributed by atoms with Crippen LogP contribution in [0.3, 0.4) is 0 Å². The Bertz CT molecular complexity index is 756. The third kappa shape index (κ3) is 3.79. The topological polar surface area (TPSA) is 42.2 Å². The monoisotopic (exact) mass is 381 g/mol. The molecule has 0 bridgehead atoms. The quantitative estimate of drug-likeness (QED) is 0.659. The van der Waals surface area contributed by atoms with Crippen LogP contribution in [0.5, 0.6) is 0 Å². The largest absolute Gasteiger partial charge is 0.338 e. The molecular weight excluding hydrogens is 369 g/mol. The van der Waals surface area contributed by atoms with E-state index in [4.69, 9.17) is 4.52 Å². The molecule has 0 aliphatic carbocycles. The third-order valence-corrected chi connectivity index (χ3v) is 4.64. The van der Waals surface area contributed by atoms with Crippen LogP contribution in [-0.2, 0) is 13.1 Å². The first-order chi connectivity index (χ1) is 10.6. The van der Waals surface area contributed by atoms with Crippen LogP contribution < -0.4 is 0 Å². The molecule has 3 aromatic rings. The van der Waals surface area contributed by atoms with E-state index in [1.165, 1.54) is 17.0 Å². The van der Waals surface area contributed by atoms with E-state index in [9.17, 15) is 4.39 Å². The van der Waals surface area contributed by atoms with Crippen LogP contribution in [0.15, 0.2) is 44.7 Å². The highest BCUT2D eigenvalue weighted by Gasteiger charge is 2.11. The van der Waals surface area contributed by atoms with Gasteiger partial charge in [0, 0.05) is 17.0 Å². The second-order valence-electron chi connectivity index (χ2n) is 4.90. The maximum Gasteiger partial charge on any atom is 0.241 e. The standard InChI is InChI=1S/C15H13BrFN3OS/c1-20(8-12-6-7-13(16)22-12)9-14-18-15(19-21-14)10-2-4-11(17)5-3-10/h2-7H,8-9H2,1H3. The molecule has 2 aromatic heterocycles. The van der Waals surface area contributed by atoms with Crippen molar-refractivity contribution in [3.05, 3.63) is 56.8 Å². The fourth-order valence-corrected chi connectivity index (χ4v) is 3.59. The molecule has 0 atom stereocenters. The summed E-state index contributed by atoms with van der Waals surface area (Å²) in [5.74, 6) is 0.731. The number of nitrogens with zero attached hydrogens (tertiary/aromatic N) is 3. The average molecular weight is 382 g/mol. The fraction of sp³-hybridized carbons (Fsp3) is 0.200. The Labute approximate surface area is 139 Å². The van der Waals surface area contributed by atoms with Crippen molar-refractivity contribution in [3.63, 3.8) is 0 Å². The lowest BCUT2D eigenvalue weighted by Gasteiger charge is -2.12. The second kappa shape index (κ2) is 6.68. The van der Waals surface area contributed by atoms with E-state index in [1.807, 2.05) is 13.1 Å². The average Bonchev–Trinajstić information content (AvgIpc) is 3.09. The van der Waals surface area contributed by atoms with E-state index in [0.29, 0.717) is 18.3 Å². The maximum atomic E-state index is 12.9. The van der Waals surface area contributed by atoms with Crippen LogP contribution in [0.4, 0.5) is 4.39 Å². The Balaban J connectivity index is 1.65. The molecule has 7 heteroatoms. The Morgan fingerprint density at radius 1 is 1.18 bits per heavy atom. The molecule has 0 fully saturated rings. The molecule has 0 aliphatic heterocycles. The lowest BCUT2D eigenvalue weighted by molar-refractivity contribution is 0.262. The highest BCUT2D eigenvalue weighted by atomic mass is 79.9. The Morgan fingerprint density at radius 2 is 1.95 bits per heavy atom. The number of thiophene rings is 1. The lowest BCUT2D eigenvalue weighted by atomic mass is 10.2. The summed E-state index contributed by atoms with van der Waals surface area (Å²) in [5, 5.41) is 3.94. The maximum absolute atomic E-state index is 12.9. The molecule has 0 radical (unpaired) electrons. The van der Waals surface area contributed by atoms with Crippen molar-refractivity contribution in [2.45, 2.75) is 13.1 Å². The van der Waals surface area contributed by atoms with Gasteiger partial charge in [0.15, 0.2) is 0 Å². The minimum atomic E-state index is -0.283. The van der Waals surface area contributed by atoms with E-state index in [-0.39, 0.29) is 5.82 Å². The molecule has 0 spiro atoms. The summed E-state index contributed by atoms with van der Waals surface area (Å²) in [6.45, 7) is 1.37. The molecule has 0 unspecified atom stereocenters. The minimum absolute atomic E-state index is 0.283. The molecule has 3 rings (SSSR count). The molecule has 0 aliphatic rings. The number of hydrogen-bond donors (Lipinski definition) is 0. The number of rotatable bonds is 5. The summed E-state index contributed by atoms with van der Waals surface area (Å²) in [4.78, 5) is 7.70. The van der Waals surface area contributed by atoms with Gasteiger partial charge in [0.2, 0.25) is 11.7 Å². The lowest BCUT2D eigenvalue weighted by Crippen LogP contribution is -2.16. The van der Waals surface area contributed by atoms with Gasteiger partial charge in [0.05, 0.1) is 10.3 Å². The molecule has 2 heterocycles. The molecule has 0 N–H and O–H groups in total. The zero-order chi connectivity index (χ0) is 15.5. The smallest absolute Gasteiger partial charge is 0.241 e. The number of halogens is 2. The van der Waals surface area contributed by atoms with E-state index >= 15 is 0 Å². The van der Waals surface area contributed by atoms with Gasteiger partial charge in [-0.25, -0.2) is 4.39 Å². The molecule has 22 heavy (non-hydrogen) atoms. The minimum Gasteiger partial charge on any atom is -0.338 e. The molecular formula is C15H13BrFN3OS. The van der Waals surface area contributed by atoms with Crippen molar-refractivity contribution in [3.8, 4) is 11.4 Å². The van der Waals surface area contributed by atoms with Crippen molar-refractivity contribution >= 4 is 27.3 Å². The third-order valence-electron chi connectivity index (χ3n) is 3.03. The molecule has 0 saturated carbocycles. The van der Waals surface area contributed by atoms with E-state index < -0.39 is 0 Å².